The highest BCUT2D eigenvalue weighted by atomic mass is 35.5. The first-order valence-electron chi connectivity index (χ1n) is 5.94. The summed E-state index contributed by atoms with van der Waals surface area (Å²) < 4.78 is 10.6. The van der Waals surface area contributed by atoms with Crippen LogP contribution in [0.1, 0.15) is 25.8 Å². The van der Waals surface area contributed by atoms with Crippen LogP contribution in [-0.2, 0) is 4.74 Å². The molecule has 19 heavy (non-hydrogen) atoms. The van der Waals surface area contributed by atoms with Gasteiger partial charge in [0.25, 0.3) is 5.89 Å². The van der Waals surface area contributed by atoms with Crippen molar-refractivity contribution in [2.24, 2.45) is 5.92 Å². The van der Waals surface area contributed by atoms with Gasteiger partial charge in [-0.3, -0.25) is 0 Å². The second kappa shape index (κ2) is 5.59. The van der Waals surface area contributed by atoms with Crippen LogP contribution in [0.4, 0.5) is 5.69 Å². The first kappa shape index (κ1) is 13.8. The van der Waals surface area contributed by atoms with Crippen LogP contribution < -0.4 is 5.73 Å². The van der Waals surface area contributed by atoms with Crippen molar-refractivity contribution in [3.05, 3.63) is 29.0 Å². The normalized spacial score (nSPS) is 12.9. The molecule has 1 heterocycles. The zero-order valence-corrected chi connectivity index (χ0v) is 11.8. The van der Waals surface area contributed by atoms with E-state index in [2.05, 4.69) is 10.1 Å². The third-order valence-corrected chi connectivity index (χ3v) is 3.14. The largest absolute Gasteiger partial charge is 0.398 e. The average Bonchev–Trinajstić information content (AvgIpc) is 2.82. The number of rotatable bonds is 4. The molecule has 0 saturated carbocycles. The maximum absolute atomic E-state index is 5.88. The number of anilines is 1. The molecule has 1 aromatic heterocycles. The van der Waals surface area contributed by atoms with E-state index >= 15 is 0 Å². The predicted octanol–water partition coefficient (Wildman–Crippen LogP) is 3.32. The summed E-state index contributed by atoms with van der Waals surface area (Å²) in [4.78, 5) is 4.34. The van der Waals surface area contributed by atoms with Gasteiger partial charge >= 0.3 is 0 Å². The highest BCUT2D eigenvalue weighted by molar-refractivity contribution is 6.33. The van der Waals surface area contributed by atoms with Crippen LogP contribution in [-0.4, -0.2) is 17.3 Å². The van der Waals surface area contributed by atoms with Crippen molar-refractivity contribution in [1.29, 1.82) is 0 Å². The van der Waals surface area contributed by atoms with Gasteiger partial charge in [-0.05, 0) is 24.1 Å². The number of ether oxygens (including phenoxy) is 1. The molecule has 1 aromatic carbocycles. The number of nitrogens with two attached hydrogens (primary N) is 1. The van der Waals surface area contributed by atoms with Gasteiger partial charge in [-0.15, -0.1) is 0 Å². The molecule has 5 nitrogen and oxygen atoms in total. The van der Waals surface area contributed by atoms with Crippen LogP contribution in [0, 0.1) is 5.92 Å². The molecule has 0 amide bonds. The molecule has 0 aliphatic heterocycles. The van der Waals surface area contributed by atoms with Crippen LogP contribution >= 0.6 is 11.6 Å². The van der Waals surface area contributed by atoms with Gasteiger partial charge in [0.2, 0.25) is 5.82 Å². The molecule has 0 bridgehead atoms. The van der Waals surface area contributed by atoms with E-state index in [0.29, 0.717) is 22.4 Å². The first-order chi connectivity index (χ1) is 9.02. The van der Waals surface area contributed by atoms with Crippen molar-refractivity contribution in [3.63, 3.8) is 0 Å². The summed E-state index contributed by atoms with van der Waals surface area (Å²) in [7, 11) is 1.63. The smallest absolute Gasteiger partial charge is 0.258 e. The molecule has 1 unspecified atom stereocenters. The van der Waals surface area contributed by atoms with Crippen molar-refractivity contribution in [3.8, 4) is 11.5 Å². The highest BCUT2D eigenvalue weighted by Crippen LogP contribution is 2.28. The molecule has 0 aliphatic rings. The number of methoxy groups -OCH3 is 1. The molecule has 1 atom stereocenters. The van der Waals surface area contributed by atoms with Gasteiger partial charge in [0.15, 0.2) is 0 Å². The van der Waals surface area contributed by atoms with Crippen LogP contribution in [0.5, 0.6) is 0 Å². The van der Waals surface area contributed by atoms with E-state index in [0.717, 1.165) is 5.56 Å². The molecule has 6 heteroatoms. The summed E-state index contributed by atoms with van der Waals surface area (Å²) in [5.41, 5.74) is 6.97. The third kappa shape index (κ3) is 2.88. The lowest BCUT2D eigenvalue weighted by molar-refractivity contribution is 0.0556. The van der Waals surface area contributed by atoms with E-state index in [4.69, 9.17) is 26.6 Å². The van der Waals surface area contributed by atoms with Crippen LogP contribution in [0.25, 0.3) is 11.5 Å². The van der Waals surface area contributed by atoms with Crippen LogP contribution in [0.3, 0.4) is 0 Å². The number of benzene rings is 1. The zero-order valence-electron chi connectivity index (χ0n) is 11.1. The number of halogens is 1. The molecule has 0 spiro atoms. The molecule has 0 fully saturated rings. The van der Waals surface area contributed by atoms with Gasteiger partial charge in [0.1, 0.15) is 6.10 Å². The van der Waals surface area contributed by atoms with Crippen molar-refractivity contribution in [1.82, 2.24) is 10.1 Å². The van der Waals surface area contributed by atoms with Gasteiger partial charge in [-0.2, -0.15) is 4.98 Å². The summed E-state index contributed by atoms with van der Waals surface area (Å²) in [5, 5.41) is 4.45. The van der Waals surface area contributed by atoms with Crippen molar-refractivity contribution >= 4 is 17.3 Å². The quantitative estimate of drug-likeness (QED) is 0.870. The van der Waals surface area contributed by atoms with E-state index in [1.54, 1.807) is 25.3 Å². The molecular weight excluding hydrogens is 266 g/mol. The molecule has 2 rings (SSSR count). The summed E-state index contributed by atoms with van der Waals surface area (Å²) in [6, 6.07) is 5.19. The van der Waals surface area contributed by atoms with E-state index in [-0.39, 0.29) is 12.0 Å². The topological polar surface area (TPSA) is 74.2 Å². The Morgan fingerprint density at radius 1 is 1.37 bits per heavy atom. The maximum Gasteiger partial charge on any atom is 0.258 e. The van der Waals surface area contributed by atoms with Crippen LogP contribution in [0.2, 0.25) is 5.02 Å². The fraction of sp³-hybridized carbons (Fsp3) is 0.385. The molecule has 0 aliphatic carbocycles. The standard InChI is InChI=1S/C13H16ClN3O2/c1-7(2)11(18-3)12-16-13(19-17-12)8-4-5-9(14)10(15)6-8/h4-7,11H,15H2,1-3H3. The Bertz CT molecular complexity index is 569. The summed E-state index contributed by atoms with van der Waals surface area (Å²) in [6.45, 7) is 4.06. The van der Waals surface area contributed by atoms with Crippen LogP contribution in [0.15, 0.2) is 22.7 Å². The molecule has 0 saturated heterocycles. The average molecular weight is 282 g/mol. The van der Waals surface area contributed by atoms with Gasteiger partial charge in [0.05, 0.1) is 10.7 Å². The Kier molecular flexibility index (Phi) is 4.07. The number of aromatic nitrogens is 2. The van der Waals surface area contributed by atoms with Gasteiger partial charge in [0, 0.05) is 12.7 Å². The number of nitrogens with zero attached hydrogens (tertiary/aromatic N) is 2. The number of hydrogen-bond donors (Lipinski definition) is 1. The Balaban J connectivity index is 2.32. The summed E-state index contributed by atoms with van der Waals surface area (Å²) in [5.74, 6) is 1.19. The second-order valence-corrected chi connectivity index (χ2v) is 5.00. The van der Waals surface area contributed by atoms with Crippen molar-refractivity contribution in [2.75, 3.05) is 12.8 Å². The minimum Gasteiger partial charge on any atom is -0.398 e. The third-order valence-electron chi connectivity index (χ3n) is 2.80. The van der Waals surface area contributed by atoms with Crippen molar-refractivity contribution < 1.29 is 9.26 Å². The Labute approximate surface area is 116 Å². The van der Waals surface area contributed by atoms with E-state index in [1.165, 1.54) is 0 Å². The lowest BCUT2D eigenvalue weighted by Crippen LogP contribution is -2.10. The predicted molar refractivity (Wildman–Crippen MR) is 73.7 cm³/mol. The number of nitrogen functional groups attached to an aromatic ring is 1. The fourth-order valence-corrected chi connectivity index (χ4v) is 1.94. The first-order valence-corrected chi connectivity index (χ1v) is 6.32. The summed E-state index contributed by atoms with van der Waals surface area (Å²) >= 11 is 5.88. The molecule has 0 radical (unpaired) electrons. The minimum atomic E-state index is -0.192. The Morgan fingerprint density at radius 3 is 2.68 bits per heavy atom. The van der Waals surface area contributed by atoms with Crippen molar-refractivity contribution in [2.45, 2.75) is 20.0 Å². The van der Waals surface area contributed by atoms with E-state index < -0.39 is 0 Å². The molecular formula is C13H16ClN3O2. The number of hydrogen-bond acceptors (Lipinski definition) is 5. The van der Waals surface area contributed by atoms with E-state index in [9.17, 15) is 0 Å². The summed E-state index contributed by atoms with van der Waals surface area (Å²) in [6.07, 6.45) is -0.192. The van der Waals surface area contributed by atoms with Gasteiger partial charge < -0.3 is 15.0 Å². The van der Waals surface area contributed by atoms with Gasteiger partial charge in [-0.1, -0.05) is 30.6 Å². The lowest BCUT2D eigenvalue weighted by atomic mass is 10.1. The zero-order chi connectivity index (χ0) is 14.0. The molecule has 102 valence electrons. The van der Waals surface area contributed by atoms with E-state index in [1.807, 2.05) is 13.8 Å². The monoisotopic (exact) mass is 281 g/mol. The molecule has 2 aromatic rings. The SMILES string of the molecule is COC(c1noc(-c2ccc(Cl)c(N)c2)n1)C(C)C. The lowest BCUT2D eigenvalue weighted by Gasteiger charge is -2.14. The Morgan fingerprint density at radius 2 is 2.11 bits per heavy atom. The molecule has 2 N–H and O–H groups in total. The Hall–Kier alpha value is -1.59. The second-order valence-electron chi connectivity index (χ2n) is 4.59. The fourth-order valence-electron chi connectivity index (χ4n) is 1.82. The highest BCUT2D eigenvalue weighted by Gasteiger charge is 2.21. The minimum absolute atomic E-state index is 0.192. The van der Waals surface area contributed by atoms with Gasteiger partial charge in [-0.25, -0.2) is 0 Å². The maximum atomic E-state index is 5.88.